The molecule has 0 radical (unpaired) electrons. The first-order valence-electron chi connectivity index (χ1n) is 5.99. The molecule has 9 heteroatoms. The number of carbonyl (C=O) groups excluding carboxylic acids is 2. The molecule has 2 rings (SSSR count). The van der Waals surface area contributed by atoms with E-state index < -0.39 is 5.97 Å². The molecule has 0 aromatic carbocycles. The molecule has 0 saturated carbocycles. The van der Waals surface area contributed by atoms with Gasteiger partial charge in [-0.05, 0) is 6.92 Å². The van der Waals surface area contributed by atoms with E-state index in [1.54, 1.807) is 18.5 Å². The third-order valence-corrected chi connectivity index (χ3v) is 3.17. The van der Waals surface area contributed by atoms with Gasteiger partial charge in [0.1, 0.15) is 13.2 Å². The Morgan fingerprint density at radius 1 is 1.57 bits per heavy atom. The molecule has 1 N–H and O–H groups in total. The zero-order valence-corrected chi connectivity index (χ0v) is 12.1. The van der Waals surface area contributed by atoms with Crippen LogP contribution in [0.3, 0.4) is 0 Å². The minimum absolute atomic E-state index is 0.0623. The molecular formula is C12H13N5O3S. The first kappa shape index (κ1) is 14.9. The molecule has 2 aromatic rings. The van der Waals surface area contributed by atoms with Crippen LogP contribution in [0.25, 0.3) is 0 Å². The molecule has 0 aliphatic heterocycles. The van der Waals surface area contributed by atoms with Crippen molar-refractivity contribution in [1.82, 2.24) is 20.0 Å². The average molecular weight is 307 g/mol. The van der Waals surface area contributed by atoms with Crippen LogP contribution in [0.1, 0.15) is 16.2 Å². The topological polar surface area (TPSA) is 99.0 Å². The number of nitrogens with zero attached hydrogens (tertiary/aromatic N) is 4. The van der Waals surface area contributed by atoms with Crippen LogP contribution >= 0.6 is 11.3 Å². The lowest BCUT2D eigenvalue weighted by Gasteiger charge is -2.04. The summed E-state index contributed by atoms with van der Waals surface area (Å²) in [5.74, 6) is -0.900. The minimum atomic E-state index is -0.598. The van der Waals surface area contributed by atoms with Crippen molar-refractivity contribution < 1.29 is 14.3 Å². The predicted octanol–water partition coefficient (Wildman–Crippen LogP) is 1.02. The van der Waals surface area contributed by atoms with E-state index in [0.29, 0.717) is 10.8 Å². The van der Waals surface area contributed by atoms with Crippen LogP contribution in [0.4, 0.5) is 5.13 Å². The van der Waals surface area contributed by atoms with Crippen molar-refractivity contribution in [3.63, 3.8) is 0 Å². The lowest BCUT2D eigenvalue weighted by molar-refractivity contribution is -0.117. The average Bonchev–Trinajstić information content (AvgIpc) is 3.07. The van der Waals surface area contributed by atoms with Gasteiger partial charge in [0, 0.05) is 11.6 Å². The predicted molar refractivity (Wildman–Crippen MR) is 76.0 cm³/mol. The third kappa shape index (κ3) is 3.72. The number of rotatable bonds is 6. The fourth-order valence-electron chi connectivity index (χ4n) is 1.48. The fourth-order valence-corrected chi connectivity index (χ4v) is 2.03. The monoisotopic (exact) mass is 307 g/mol. The maximum absolute atomic E-state index is 11.8. The maximum Gasteiger partial charge on any atom is 0.361 e. The smallest absolute Gasteiger partial charge is 0.361 e. The van der Waals surface area contributed by atoms with Crippen LogP contribution in [0.5, 0.6) is 0 Å². The zero-order valence-electron chi connectivity index (χ0n) is 11.3. The number of anilines is 1. The van der Waals surface area contributed by atoms with E-state index in [2.05, 4.69) is 27.2 Å². The highest BCUT2D eigenvalue weighted by Gasteiger charge is 2.19. The van der Waals surface area contributed by atoms with Gasteiger partial charge in [0.05, 0.1) is 5.69 Å². The Morgan fingerprint density at radius 2 is 2.38 bits per heavy atom. The first-order valence-corrected chi connectivity index (χ1v) is 6.87. The first-order chi connectivity index (χ1) is 10.1. The van der Waals surface area contributed by atoms with Crippen molar-refractivity contribution >= 4 is 28.3 Å². The molecule has 0 bridgehead atoms. The largest absolute Gasteiger partial charge is 0.457 e. The summed E-state index contributed by atoms with van der Waals surface area (Å²) >= 11 is 1.31. The van der Waals surface area contributed by atoms with Gasteiger partial charge in [0.25, 0.3) is 0 Å². The van der Waals surface area contributed by atoms with Crippen molar-refractivity contribution in [2.75, 3.05) is 11.9 Å². The second-order valence-electron chi connectivity index (χ2n) is 3.95. The lowest BCUT2D eigenvalue weighted by atomic mass is 10.3. The normalized spacial score (nSPS) is 10.1. The van der Waals surface area contributed by atoms with Crippen LogP contribution in [0, 0.1) is 6.92 Å². The van der Waals surface area contributed by atoms with Crippen molar-refractivity contribution in [3.05, 3.63) is 35.6 Å². The minimum Gasteiger partial charge on any atom is -0.457 e. The van der Waals surface area contributed by atoms with E-state index in [1.807, 2.05) is 0 Å². The standard InChI is InChI=1S/C12H13N5O3S/c1-3-5-20-11(19)10-8(2)17(16-15-10)7-9(18)14-12-13-4-6-21-12/h3-4,6H,1,5,7H2,2H3,(H,13,14,18). The Bertz CT molecular complexity index is 650. The number of hydrogen-bond acceptors (Lipinski definition) is 7. The Balaban J connectivity index is 2.01. The van der Waals surface area contributed by atoms with Crippen LogP contribution < -0.4 is 5.32 Å². The van der Waals surface area contributed by atoms with E-state index in [9.17, 15) is 9.59 Å². The Hall–Kier alpha value is -2.55. The molecule has 0 saturated heterocycles. The summed E-state index contributed by atoms with van der Waals surface area (Å²) < 4.78 is 6.21. The van der Waals surface area contributed by atoms with Crippen LogP contribution in [0.15, 0.2) is 24.2 Å². The third-order valence-electron chi connectivity index (χ3n) is 2.48. The summed E-state index contributed by atoms with van der Waals surface area (Å²) in [6, 6.07) is 0. The van der Waals surface area contributed by atoms with Crippen LogP contribution in [-0.2, 0) is 16.1 Å². The second-order valence-corrected chi connectivity index (χ2v) is 4.85. The molecule has 2 aromatic heterocycles. The number of amides is 1. The van der Waals surface area contributed by atoms with Crippen LogP contribution in [0.2, 0.25) is 0 Å². The van der Waals surface area contributed by atoms with Gasteiger partial charge in [-0.15, -0.1) is 16.4 Å². The number of esters is 1. The molecule has 1 amide bonds. The van der Waals surface area contributed by atoms with E-state index in [-0.39, 0.29) is 24.8 Å². The summed E-state index contributed by atoms with van der Waals surface area (Å²) in [5.41, 5.74) is 0.539. The lowest BCUT2D eigenvalue weighted by Crippen LogP contribution is -2.20. The molecule has 0 unspecified atom stereocenters. The molecule has 0 fully saturated rings. The van der Waals surface area contributed by atoms with Gasteiger partial charge < -0.3 is 10.1 Å². The van der Waals surface area contributed by atoms with Crippen LogP contribution in [-0.4, -0.2) is 38.5 Å². The van der Waals surface area contributed by atoms with Gasteiger partial charge in [-0.25, -0.2) is 14.5 Å². The number of aromatic nitrogens is 4. The summed E-state index contributed by atoms with van der Waals surface area (Å²) in [5, 5.41) is 12.4. The second kappa shape index (κ2) is 6.75. The number of thiazole rings is 1. The Kier molecular flexibility index (Phi) is 4.77. The SMILES string of the molecule is C=CCOC(=O)c1nnn(CC(=O)Nc2nccs2)c1C. The van der Waals surface area contributed by atoms with E-state index in [1.165, 1.54) is 22.1 Å². The molecule has 0 atom stereocenters. The molecule has 21 heavy (non-hydrogen) atoms. The summed E-state index contributed by atoms with van der Waals surface area (Å²) in [6.45, 7) is 5.12. The van der Waals surface area contributed by atoms with Gasteiger partial charge in [-0.2, -0.15) is 0 Å². The van der Waals surface area contributed by atoms with Crippen molar-refractivity contribution in [2.45, 2.75) is 13.5 Å². The number of ether oxygens (including phenoxy) is 1. The molecule has 110 valence electrons. The molecule has 0 aliphatic rings. The van der Waals surface area contributed by atoms with E-state index >= 15 is 0 Å². The number of carbonyl (C=O) groups is 2. The van der Waals surface area contributed by atoms with Gasteiger partial charge in [-0.1, -0.05) is 17.9 Å². The molecule has 0 spiro atoms. The van der Waals surface area contributed by atoms with E-state index in [4.69, 9.17) is 4.74 Å². The fraction of sp³-hybridized carbons (Fsp3) is 0.250. The molecule has 8 nitrogen and oxygen atoms in total. The van der Waals surface area contributed by atoms with Gasteiger partial charge in [0.15, 0.2) is 10.8 Å². The molecule has 2 heterocycles. The number of nitrogens with one attached hydrogen (secondary N) is 1. The zero-order chi connectivity index (χ0) is 15.2. The van der Waals surface area contributed by atoms with Gasteiger partial charge >= 0.3 is 5.97 Å². The molecule has 0 aliphatic carbocycles. The highest BCUT2D eigenvalue weighted by atomic mass is 32.1. The summed E-state index contributed by atoms with van der Waals surface area (Å²) in [7, 11) is 0. The van der Waals surface area contributed by atoms with Crippen molar-refractivity contribution in [3.8, 4) is 0 Å². The highest BCUT2D eigenvalue weighted by molar-refractivity contribution is 7.13. The highest BCUT2D eigenvalue weighted by Crippen LogP contribution is 2.11. The van der Waals surface area contributed by atoms with Gasteiger partial charge in [0.2, 0.25) is 5.91 Å². The van der Waals surface area contributed by atoms with Crippen molar-refractivity contribution in [2.24, 2.45) is 0 Å². The summed E-state index contributed by atoms with van der Waals surface area (Å²) in [6.07, 6.45) is 3.05. The summed E-state index contributed by atoms with van der Waals surface area (Å²) in [4.78, 5) is 27.5. The Morgan fingerprint density at radius 3 is 3.05 bits per heavy atom. The van der Waals surface area contributed by atoms with Gasteiger partial charge in [-0.3, -0.25) is 4.79 Å². The quantitative estimate of drug-likeness (QED) is 0.632. The Labute approximate surface area is 124 Å². The number of hydrogen-bond donors (Lipinski definition) is 1. The van der Waals surface area contributed by atoms with E-state index in [0.717, 1.165) is 0 Å². The maximum atomic E-state index is 11.8. The molecular weight excluding hydrogens is 294 g/mol. The van der Waals surface area contributed by atoms with Crippen molar-refractivity contribution in [1.29, 1.82) is 0 Å².